The van der Waals surface area contributed by atoms with Crippen LogP contribution in [0.25, 0.3) is 11.3 Å². The lowest BCUT2D eigenvalue weighted by atomic mass is 10.1. The van der Waals surface area contributed by atoms with E-state index in [-0.39, 0.29) is 0 Å². The molecule has 0 atom stereocenters. The number of nitrogens with zero attached hydrogens (tertiary/aromatic N) is 1. The molecule has 0 aliphatic rings. The molecule has 2 aromatic rings. The zero-order valence-electron chi connectivity index (χ0n) is 11.0. The van der Waals surface area contributed by atoms with Gasteiger partial charge in [0.05, 0.1) is 12.2 Å². The van der Waals surface area contributed by atoms with Crippen LogP contribution in [0.4, 0.5) is 0 Å². The lowest BCUT2D eigenvalue weighted by molar-refractivity contribution is -0.670. The Kier molecular flexibility index (Phi) is 4.91. The summed E-state index contributed by atoms with van der Waals surface area (Å²) in [6.07, 6.45) is 4.41. The molecule has 0 fully saturated rings. The molecule has 1 heterocycles. The van der Waals surface area contributed by atoms with Gasteiger partial charge < -0.3 is 5.32 Å². The maximum atomic E-state index is 4.36. The predicted molar refractivity (Wildman–Crippen MR) is 75.1 cm³/mol. The van der Waals surface area contributed by atoms with E-state index in [0.29, 0.717) is 0 Å². The molecule has 18 heavy (non-hydrogen) atoms. The Labute approximate surface area is 109 Å². The van der Waals surface area contributed by atoms with Gasteiger partial charge in [0.25, 0.3) is 0 Å². The van der Waals surface area contributed by atoms with Crippen LogP contribution < -0.4 is 5.32 Å². The third kappa shape index (κ3) is 3.67. The summed E-state index contributed by atoms with van der Waals surface area (Å²) in [6, 6.07) is 14.7. The van der Waals surface area contributed by atoms with Crippen molar-refractivity contribution in [2.75, 3.05) is 6.54 Å². The number of rotatable bonds is 6. The summed E-state index contributed by atoms with van der Waals surface area (Å²) in [5, 5.41) is 2.37. The van der Waals surface area contributed by atoms with E-state index in [0.717, 1.165) is 12.2 Å². The highest BCUT2D eigenvalue weighted by molar-refractivity contribution is 5.58. The molecular formula is C16H21N2+. The average molecular weight is 241 g/mol. The number of hydrogen-bond donors (Lipinski definition) is 1. The van der Waals surface area contributed by atoms with Gasteiger partial charge in [-0.25, -0.2) is 0 Å². The fourth-order valence-corrected chi connectivity index (χ4v) is 1.96. The van der Waals surface area contributed by atoms with E-state index >= 15 is 0 Å². The first kappa shape index (κ1) is 12.8. The normalized spacial score (nSPS) is 10.5. The van der Waals surface area contributed by atoms with Crippen molar-refractivity contribution in [1.82, 2.24) is 4.98 Å². The molecule has 0 spiro atoms. The Hall–Kier alpha value is -1.67. The summed E-state index contributed by atoms with van der Waals surface area (Å²) in [7, 11) is 0. The quantitative estimate of drug-likeness (QED) is 0.774. The molecule has 2 N–H and O–H groups in total. The summed E-state index contributed by atoms with van der Waals surface area (Å²) in [6.45, 7) is 4.52. The monoisotopic (exact) mass is 241 g/mol. The summed E-state index contributed by atoms with van der Waals surface area (Å²) >= 11 is 0. The van der Waals surface area contributed by atoms with E-state index in [2.05, 4.69) is 41.5 Å². The highest BCUT2D eigenvalue weighted by Crippen LogP contribution is 2.16. The number of hydrogen-bond acceptors (Lipinski definition) is 1. The van der Waals surface area contributed by atoms with Gasteiger partial charge in [0, 0.05) is 17.3 Å². The molecule has 2 nitrogen and oxygen atoms in total. The summed E-state index contributed by atoms with van der Waals surface area (Å²) in [4.78, 5) is 4.36. The number of nitrogens with two attached hydrogens (primary N) is 1. The van der Waals surface area contributed by atoms with Crippen LogP contribution >= 0.6 is 0 Å². The molecule has 1 aromatic carbocycles. The van der Waals surface area contributed by atoms with Crippen molar-refractivity contribution < 1.29 is 5.32 Å². The van der Waals surface area contributed by atoms with E-state index in [1.54, 1.807) is 0 Å². The maximum Gasteiger partial charge on any atom is 0.101 e. The third-order valence-electron chi connectivity index (χ3n) is 3.06. The van der Waals surface area contributed by atoms with Crippen LogP contribution in [0.2, 0.25) is 0 Å². The van der Waals surface area contributed by atoms with Crippen molar-refractivity contribution >= 4 is 0 Å². The van der Waals surface area contributed by atoms with Gasteiger partial charge in [0.2, 0.25) is 0 Å². The highest BCUT2D eigenvalue weighted by Gasteiger charge is 1.99. The molecule has 0 aliphatic heterocycles. The largest absolute Gasteiger partial charge is 0.343 e. The van der Waals surface area contributed by atoms with Crippen LogP contribution in [0.15, 0.2) is 48.7 Å². The first-order valence-electron chi connectivity index (χ1n) is 6.72. The minimum atomic E-state index is 1.04. The van der Waals surface area contributed by atoms with E-state index in [1.807, 2.05) is 24.4 Å². The molecule has 0 saturated heterocycles. The number of aromatic nitrogens is 1. The first-order valence-corrected chi connectivity index (χ1v) is 6.72. The third-order valence-corrected chi connectivity index (χ3v) is 3.06. The van der Waals surface area contributed by atoms with E-state index in [1.165, 1.54) is 30.5 Å². The van der Waals surface area contributed by atoms with Crippen LogP contribution in [0.1, 0.15) is 25.3 Å². The minimum Gasteiger partial charge on any atom is -0.343 e. The van der Waals surface area contributed by atoms with Gasteiger partial charge in [-0.05, 0) is 18.6 Å². The number of quaternary nitrogens is 1. The highest BCUT2D eigenvalue weighted by atomic mass is 14.8. The van der Waals surface area contributed by atoms with Crippen molar-refractivity contribution in [2.24, 2.45) is 0 Å². The second-order valence-corrected chi connectivity index (χ2v) is 4.55. The summed E-state index contributed by atoms with van der Waals surface area (Å²) in [5.74, 6) is 0. The lowest BCUT2D eigenvalue weighted by Gasteiger charge is -2.03. The number of benzene rings is 1. The standard InChI is InChI=1S/C16H20N2/c1-2-3-11-17-13-14-7-9-15(10-8-14)16-6-4-5-12-18-16/h4-10,12,17H,2-3,11,13H2,1H3/p+1. The van der Waals surface area contributed by atoms with Crippen LogP contribution in [0, 0.1) is 0 Å². The van der Waals surface area contributed by atoms with Gasteiger partial charge >= 0.3 is 0 Å². The van der Waals surface area contributed by atoms with E-state index in [4.69, 9.17) is 0 Å². The van der Waals surface area contributed by atoms with Gasteiger partial charge in [-0.2, -0.15) is 0 Å². The number of pyridine rings is 1. The minimum absolute atomic E-state index is 1.04. The van der Waals surface area contributed by atoms with Crippen molar-refractivity contribution in [1.29, 1.82) is 0 Å². The number of unbranched alkanes of at least 4 members (excludes halogenated alkanes) is 1. The van der Waals surface area contributed by atoms with E-state index in [9.17, 15) is 0 Å². The first-order chi connectivity index (χ1) is 8.90. The molecule has 0 unspecified atom stereocenters. The topological polar surface area (TPSA) is 29.5 Å². The maximum absolute atomic E-state index is 4.36. The fraction of sp³-hybridized carbons (Fsp3) is 0.312. The molecule has 2 heteroatoms. The van der Waals surface area contributed by atoms with Crippen LogP contribution in [0.3, 0.4) is 0 Å². The SMILES string of the molecule is CCCC[NH2+]Cc1ccc(-c2ccccn2)cc1. The second-order valence-electron chi connectivity index (χ2n) is 4.55. The Morgan fingerprint density at radius 3 is 2.56 bits per heavy atom. The zero-order valence-corrected chi connectivity index (χ0v) is 11.0. The molecule has 2 rings (SSSR count). The van der Waals surface area contributed by atoms with Gasteiger partial charge in [-0.3, -0.25) is 4.98 Å². The molecule has 0 amide bonds. The molecule has 1 aromatic heterocycles. The van der Waals surface area contributed by atoms with Gasteiger partial charge in [0.15, 0.2) is 0 Å². The van der Waals surface area contributed by atoms with Crippen LogP contribution in [0.5, 0.6) is 0 Å². The zero-order chi connectivity index (χ0) is 12.6. The predicted octanol–water partition coefficient (Wildman–Crippen LogP) is 2.61. The van der Waals surface area contributed by atoms with Crippen molar-refractivity contribution in [2.45, 2.75) is 26.3 Å². The lowest BCUT2D eigenvalue weighted by Crippen LogP contribution is -2.82. The smallest absolute Gasteiger partial charge is 0.101 e. The molecule has 0 aliphatic carbocycles. The van der Waals surface area contributed by atoms with Crippen LogP contribution in [-0.2, 0) is 6.54 Å². The summed E-state index contributed by atoms with van der Waals surface area (Å²) in [5.41, 5.74) is 3.61. The Balaban J connectivity index is 1.94. The van der Waals surface area contributed by atoms with Gasteiger partial charge in [-0.15, -0.1) is 0 Å². The van der Waals surface area contributed by atoms with Gasteiger partial charge in [0.1, 0.15) is 6.54 Å². The van der Waals surface area contributed by atoms with Gasteiger partial charge in [-0.1, -0.05) is 43.7 Å². The average Bonchev–Trinajstić information content (AvgIpc) is 2.45. The Morgan fingerprint density at radius 2 is 1.89 bits per heavy atom. The molecule has 0 bridgehead atoms. The Bertz CT molecular complexity index is 448. The molecule has 94 valence electrons. The summed E-state index contributed by atoms with van der Waals surface area (Å²) < 4.78 is 0. The fourth-order valence-electron chi connectivity index (χ4n) is 1.96. The van der Waals surface area contributed by atoms with Crippen LogP contribution in [-0.4, -0.2) is 11.5 Å². The van der Waals surface area contributed by atoms with Crippen molar-refractivity contribution in [3.8, 4) is 11.3 Å². The second kappa shape index (κ2) is 6.92. The molecular weight excluding hydrogens is 220 g/mol. The molecule has 0 saturated carbocycles. The van der Waals surface area contributed by atoms with Crippen molar-refractivity contribution in [3.05, 3.63) is 54.2 Å². The Morgan fingerprint density at radius 1 is 1.06 bits per heavy atom. The van der Waals surface area contributed by atoms with Crippen molar-refractivity contribution in [3.63, 3.8) is 0 Å². The van der Waals surface area contributed by atoms with E-state index < -0.39 is 0 Å². The molecule has 0 radical (unpaired) electrons.